The predicted molar refractivity (Wildman–Crippen MR) is 138 cm³/mol. The highest BCUT2D eigenvalue weighted by Gasteiger charge is 2.28. The summed E-state index contributed by atoms with van der Waals surface area (Å²) < 4.78 is 7.48. The Morgan fingerprint density at radius 1 is 1.06 bits per heavy atom. The molecule has 0 bridgehead atoms. The van der Waals surface area contributed by atoms with Crippen LogP contribution in [0.3, 0.4) is 0 Å². The van der Waals surface area contributed by atoms with Gasteiger partial charge in [0, 0.05) is 43.8 Å². The fourth-order valence-corrected chi connectivity index (χ4v) is 4.77. The fourth-order valence-electron chi connectivity index (χ4n) is 4.77. The van der Waals surface area contributed by atoms with Gasteiger partial charge < -0.3 is 24.8 Å². The quantitative estimate of drug-likeness (QED) is 0.383. The number of ether oxygens (including phenoxy) is 1. The number of hydrogen-bond acceptors (Lipinski definition) is 6. The second-order valence-electron chi connectivity index (χ2n) is 8.98. The van der Waals surface area contributed by atoms with Gasteiger partial charge in [0.25, 0.3) is 0 Å². The summed E-state index contributed by atoms with van der Waals surface area (Å²) in [5, 5.41) is 8.00. The summed E-state index contributed by atoms with van der Waals surface area (Å²) in [5.74, 6) is 1.92. The van der Waals surface area contributed by atoms with Crippen LogP contribution in [0, 0.1) is 0 Å². The molecule has 1 aliphatic rings. The van der Waals surface area contributed by atoms with Crippen molar-refractivity contribution in [2.24, 2.45) is 0 Å². The van der Waals surface area contributed by atoms with Gasteiger partial charge in [-0.05, 0) is 35.9 Å². The highest BCUT2D eigenvalue weighted by atomic mass is 16.5. The molecule has 0 saturated carbocycles. The molecule has 3 N–H and O–H groups in total. The van der Waals surface area contributed by atoms with E-state index in [9.17, 15) is 4.79 Å². The third-order valence-electron chi connectivity index (χ3n) is 6.73. The number of nitrogens with two attached hydrogens (primary N) is 1. The second-order valence-corrected chi connectivity index (χ2v) is 8.98. The maximum Gasteiger partial charge on any atom is 0.320 e. The molecular weight excluding hydrogens is 456 g/mol. The van der Waals surface area contributed by atoms with Crippen molar-refractivity contribution in [3.63, 3.8) is 0 Å². The Labute approximate surface area is 207 Å². The molecule has 3 aromatic heterocycles. The number of anilines is 1. The van der Waals surface area contributed by atoms with Crippen LogP contribution in [0.15, 0.2) is 54.7 Å². The molecule has 1 aliphatic heterocycles. The van der Waals surface area contributed by atoms with Crippen LogP contribution >= 0.6 is 0 Å². The van der Waals surface area contributed by atoms with Crippen LogP contribution in [0.25, 0.3) is 33.2 Å². The van der Waals surface area contributed by atoms with Gasteiger partial charge in [-0.25, -0.2) is 14.8 Å². The summed E-state index contributed by atoms with van der Waals surface area (Å²) in [6.45, 7) is 2.30. The molecule has 0 aliphatic carbocycles. The zero-order valence-electron chi connectivity index (χ0n) is 20.1. The molecule has 6 rings (SSSR count). The van der Waals surface area contributed by atoms with Gasteiger partial charge in [0.2, 0.25) is 0 Å². The van der Waals surface area contributed by atoms with Crippen LogP contribution in [0.4, 0.5) is 10.6 Å². The topological polar surface area (TPSA) is 118 Å². The molecular formula is C26H26N8O2. The summed E-state index contributed by atoms with van der Waals surface area (Å²) >= 11 is 0. The Morgan fingerprint density at radius 2 is 1.89 bits per heavy atom. The number of methoxy groups -OCH3 is 1. The second kappa shape index (κ2) is 8.56. The number of carbonyl (C=O) groups is 1. The van der Waals surface area contributed by atoms with E-state index in [1.165, 1.54) is 0 Å². The minimum Gasteiger partial charge on any atom is -0.497 e. The summed E-state index contributed by atoms with van der Waals surface area (Å²) in [7, 11) is 3.47. The number of nitrogen functional groups attached to an aromatic ring is 1. The number of aromatic nitrogens is 5. The predicted octanol–water partition coefficient (Wildman–Crippen LogP) is 3.48. The summed E-state index contributed by atoms with van der Waals surface area (Å²) in [6, 6.07) is 16.0. The maximum absolute atomic E-state index is 12.7. The van der Waals surface area contributed by atoms with E-state index in [-0.39, 0.29) is 6.03 Å². The number of pyridine rings is 1. The molecule has 4 heterocycles. The molecule has 1 fully saturated rings. The van der Waals surface area contributed by atoms with Crippen LogP contribution in [0.1, 0.15) is 11.4 Å². The van der Waals surface area contributed by atoms with E-state index in [4.69, 9.17) is 15.5 Å². The van der Waals surface area contributed by atoms with Crippen molar-refractivity contribution in [1.82, 2.24) is 34.5 Å². The van der Waals surface area contributed by atoms with E-state index in [1.54, 1.807) is 18.2 Å². The molecule has 2 aromatic carbocycles. The number of benzene rings is 2. The van der Waals surface area contributed by atoms with Gasteiger partial charge in [-0.2, -0.15) is 5.10 Å². The molecule has 0 atom stereocenters. The van der Waals surface area contributed by atoms with Crippen molar-refractivity contribution in [2.45, 2.75) is 13.1 Å². The Kier molecular flexibility index (Phi) is 5.21. The average molecular weight is 483 g/mol. The summed E-state index contributed by atoms with van der Waals surface area (Å²) in [6.07, 6.45) is 1.72. The lowest BCUT2D eigenvalue weighted by Crippen LogP contribution is -2.30. The van der Waals surface area contributed by atoms with Gasteiger partial charge in [0.15, 0.2) is 5.82 Å². The van der Waals surface area contributed by atoms with Crippen molar-refractivity contribution in [3.05, 3.63) is 66.1 Å². The van der Waals surface area contributed by atoms with Gasteiger partial charge in [-0.1, -0.05) is 18.2 Å². The molecule has 182 valence electrons. The van der Waals surface area contributed by atoms with E-state index >= 15 is 0 Å². The number of imidazole rings is 1. The van der Waals surface area contributed by atoms with Crippen molar-refractivity contribution in [2.75, 3.05) is 33.0 Å². The highest BCUT2D eigenvalue weighted by Crippen LogP contribution is 2.32. The molecule has 0 spiro atoms. The third-order valence-corrected chi connectivity index (χ3v) is 6.73. The molecule has 0 radical (unpaired) electrons. The Balaban J connectivity index is 1.52. The molecule has 10 heteroatoms. The molecule has 2 amide bonds. The van der Waals surface area contributed by atoms with Crippen molar-refractivity contribution in [1.29, 1.82) is 0 Å². The van der Waals surface area contributed by atoms with Crippen LogP contribution in [-0.4, -0.2) is 67.8 Å². The Morgan fingerprint density at radius 3 is 2.58 bits per heavy atom. The van der Waals surface area contributed by atoms with Crippen molar-refractivity contribution < 1.29 is 9.53 Å². The maximum atomic E-state index is 12.7. The van der Waals surface area contributed by atoms with Gasteiger partial charge in [-0.3, -0.25) is 5.10 Å². The van der Waals surface area contributed by atoms with E-state index < -0.39 is 0 Å². The van der Waals surface area contributed by atoms with E-state index in [0.717, 1.165) is 44.8 Å². The van der Waals surface area contributed by atoms with Gasteiger partial charge in [0.05, 0.1) is 30.4 Å². The van der Waals surface area contributed by atoms with Gasteiger partial charge in [-0.15, -0.1) is 0 Å². The number of amides is 2. The SMILES string of the molecule is COc1ccc(Cn2c(CN3CCN(C)C3=O)nc3c(N)nc4cc(-c5ccn[nH]5)ccc4c32)cc1. The summed E-state index contributed by atoms with van der Waals surface area (Å²) in [4.78, 5) is 25.8. The molecule has 1 saturated heterocycles. The average Bonchev–Trinajstić information content (AvgIpc) is 3.62. The summed E-state index contributed by atoms with van der Waals surface area (Å²) in [5.41, 5.74) is 11.7. The van der Waals surface area contributed by atoms with Gasteiger partial charge >= 0.3 is 6.03 Å². The number of urea groups is 1. The van der Waals surface area contributed by atoms with E-state index in [1.807, 2.05) is 60.5 Å². The standard InChI is InChI=1S/C26H26N8O2/c1-32-11-12-33(26(32)35)15-22-30-23-24(34(22)14-16-3-6-18(36-2)7-4-16)19-8-5-17(20-9-10-28-31-20)13-21(19)29-25(23)27/h3-10,13H,11-12,14-15H2,1-2H3,(H2,27,29)(H,28,31). The van der Waals surface area contributed by atoms with Crippen LogP contribution in [0.2, 0.25) is 0 Å². The minimum absolute atomic E-state index is 0.00166. The number of nitrogens with zero attached hydrogens (tertiary/aromatic N) is 6. The van der Waals surface area contributed by atoms with Crippen LogP contribution in [-0.2, 0) is 13.1 Å². The van der Waals surface area contributed by atoms with Crippen molar-refractivity contribution >= 4 is 33.8 Å². The molecule has 36 heavy (non-hydrogen) atoms. The number of H-pyrrole nitrogens is 1. The largest absolute Gasteiger partial charge is 0.497 e. The minimum atomic E-state index is -0.00166. The zero-order valence-corrected chi connectivity index (χ0v) is 20.1. The number of carbonyl (C=O) groups excluding carboxylic acids is 1. The lowest BCUT2D eigenvalue weighted by Gasteiger charge is -2.17. The zero-order chi connectivity index (χ0) is 24.8. The lowest BCUT2D eigenvalue weighted by atomic mass is 10.1. The van der Waals surface area contributed by atoms with Crippen LogP contribution in [0.5, 0.6) is 5.75 Å². The first-order chi connectivity index (χ1) is 17.5. The first-order valence-corrected chi connectivity index (χ1v) is 11.7. The van der Waals surface area contributed by atoms with Gasteiger partial charge in [0.1, 0.15) is 17.1 Å². The number of rotatable bonds is 6. The van der Waals surface area contributed by atoms with Crippen molar-refractivity contribution in [3.8, 4) is 17.0 Å². The lowest BCUT2D eigenvalue weighted by molar-refractivity contribution is 0.195. The Hall–Kier alpha value is -4.60. The number of aromatic amines is 1. The smallest absolute Gasteiger partial charge is 0.320 e. The Bertz CT molecular complexity index is 1570. The van der Waals surface area contributed by atoms with E-state index in [2.05, 4.69) is 19.7 Å². The monoisotopic (exact) mass is 482 g/mol. The van der Waals surface area contributed by atoms with E-state index in [0.29, 0.717) is 37.5 Å². The number of fused-ring (bicyclic) bond motifs is 3. The normalized spacial score (nSPS) is 13.9. The first kappa shape index (κ1) is 21.9. The highest BCUT2D eigenvalue weighted by molar-refractivity contribution is 6.07. The molecule has 5 aromatic rings. The number of likely N-dealkylation sites (N-methyl/N-ethyl adjacent to an activating group) is 1. The number of hydrogen-bond donors (Lipinski definition) is 2. The molecule has 10 nitrogen and oxygen atoms in total. The number of nitrogens with one attached hydrogen (secondary N) is 1. The fraction of sp³-hybridized carbons (Fsp3) is 0.231. The molecule has 0 unspecified atom stereocenters. The van der Waals surface area contributed by atoms with Crippen LogP contribution < -0.4 is 10.5 Å². The first-order valence-electron chi connectivity index (χ1n) is 11.7. The third kappa shape index (κ3) is 3.67.